The first kappa shape index (κ1) is 32.7. The van der Waals surface area contributed by atoms with E-state index in [0.717, 1.165) is 63.2 Å². The number of nitrogens with zero attached hydrogens (tertiary/aromatic N) is 1. The summed E-state index contributed by atoms with van der Waals surface area (Å²) in [6.45, 7) is 2.70. The maximum absolute atomic E-state index is 13.6. The highest BCUT2D eigenvalue weighted by Gasteiger charge is 2.35. The molecule has 0 bridgehead atoms. The van der Waals surface area contributed by atoms with Crippen LogP contribution >= 0.6 is 11.3 Å². The number of benzene rings is 3. The molecule has 5 aromatic rings. The second-order valence-corrected chi connectivity index (χ2v) is 13.5. The molecule has 0 aliphatic carbocycles. The van der Waals surface area contributed by atoms with Crippen LogP contribution in [0.15, 0.2) is 78.9 Å². The van der Waals surface area contributed by atoms with Gasteiger partial charge in [-0.3, -0.25) is 9.69 Å². The van der Waals surface area contributed by atoms with Crippen LogP contribution in [0.2, 0.25) is 0 Å². The van der Waals surface area contributed by atoms with Gasteiger partial charge in [0.2, 0.25) is 0 Å². The van der Waals surface area contributed by atoms with Gasteiger partial charge in [-0.05, 0) is 78.8 Å². The number of carboxylic acids is 1. The predicted molar refractivity (Wildman–Crippen MR) is 190 cm³/mol. The van der Waals surface area contributed by atoms with E-state index < -0.39 is 5.97 Å². The summed E-state index contributed by atoms with van der Waals surface area (Å²) in [6.07, 6.45) is 3.25. The number of hydrogen-bond donors (Lipinski definition) is 4. The topological polar surface area (TPSA) is 125 Å². The molecule has 2 atom stereocenters. The number of nitrogens with one attached hydrogen (secondary N) is 3. The zero-order valence-electron chi connectivity index (χ0n) is 27.4. The molecule has 0 saturated carbocycles. The summed E-state index contributed by atoms with van der Waals surface area (Å²) < 4.78 is 17.3. The first-order valence-electron chi connectivity index (χ1n) is 16.7. The smallest absolute Gasteiger partial charge is 0.338 e. The highest BCUT2D eigenvalue weighted by Crippen LogP contribution is 2.43. The summed E-state index contributed by atoms with van der Waals surface area (Å²) in [4.78, 5) is 32.8. The third-order valence-corrected chi connectivity index (χ3v) is 10.5. The normalized spacial score (nSPS) is 17.7. The van der Waals surface area contributed by atoms with Gasteiger partial charge < -0.3 is 34.9 Å². The molecular weight excluding hydrogens is 641 g/mol. The van der Waals surface area contributed by atoms with Crippen molar-refractivity contribution in [1.29, 1.82) is 0 Å². The summed E-state index contributed by atoms with van der Waals surface area (Å²) in [5.41, 5.74) is 4.61. The Hall–Kier alpha value is -4.84. The molecule has 4 heterocycles. The average molecular weight is 681 g/mol. The third-order valence-electron chi connectivity index (χ3n) is 9.20. The quantitative estimate of drug-likeness (QED) is 0.111. The number of methoxy groups -OCH3 is 1. The van der Waals surface area contributed by atoms with Crippen molar-refractivity contribution in [1.82, 2.24) is 15.2 Å². The number of carboxylic acid groups (broad SMARTS) is 1. The SMILES string of the molecule is COc1ccc(CN2CCc3c(sc(NC4CCCCO4)c3C(=O)O)C2CNC(=O)c2cc3cc(OCc4ccccc4)ccc3[nH]2)cc1. The monoisotopic (exact) mass is 680 g/mol. The fourth-order valence-electron chi connectivity index (χ4n) is 6.63. The number of fused-ring (bicyclic) bond motifs is 2. The van der Waals surface area contributed by atoms with E-state index >= 15 is 0 Å². The number of aromatic carboxylic acids is 1. The summed E-state index contributed by atoms with van der Waals surface area (Å²) in [6, 6.07) is 25.3. The van der Waals surface area contributed by atoms with Crippen LogP contribution in [0.4, 0.5) is 5.00 Å². The maximum Gasteiger partial charge on any atom is 0.338 e. The molecule has 0 radical (unpaired) electrons. The van der Waals surface area contributed by atoms with Crippen molar-refractivity contribution in [3.05, 3.63) is 112 Å². The summed E-state index contributed by atoms with van der Waals surface area (Å²) in [7, 11) is 1.65. The number of aromatic nitrogens is 1. The second-order valence-electron chi connectivity index (χ2n) is 12.5. The van der Waals surface area contributed by atoms with E-state index in [0.29, 0.717) is 55.5 Å². The van der Waals surface area contributed by atoms with Crippen LogP contribution in [0.1, 0.15) is 67.7 Å². The van der Waals surface area contributed by atoms with E-state index in [2.05, 4.69) is 20.5 Å². The van der Waals surface area contributed by atoms with Crippen LogP contribution in [0.25, 0.3) is 10.9 Å². The van der Waals surface area contributed by atoms with Crippen molar-refractivity contribution >= 4 is 39.1 Å². The van der Waals surface area contributed by atoms with Crippen LogP contribution in [-0.2, 0) is 24.3 Å². The Labute approximate surface area is 289 Å². The lowest BCUT2D eigenvalue weighted by atomic mass is 9.96. The Balaban J connectivity index is 1.12. The first-order valence-corrected chi connectivity index (χ1v) is 17.5. The number of amides is 1. The van der Waals surface area contributed by atoms with Gasteiger partial charge >= 0.3 is 5.97 Å². The van der Waals surface area contributed by atoms with E-state index in [9.17, 15) is 14.7 Å². The Kier molecular flexibility index (Phi) is 9.83. The fraction of sp³-hybridized carbons (Fsp3) is 0.316. The number of thiophene rings is 1. The molecule has 11 heteroatoms. The summed E-state index contributed by atoms with van der Waals surface area (Å²) >= 11 is 1.46. The zero-order chi connectivity index (χ0) is 33.7. The summed E-state index contributed by atoms with van der Waals surface area (Å²) in [5, 5.41) is 18.4. The standard InChI is InChI=1S/C38H40N4O6S/c1-46-27-12-10-24(11-13-27)22-42-17-16-29-34(38(44)45)37(41-33-9-5-6-18-47-33)49-35(29)32(42)21-39-36(43)31-20-26-19-28(14-15-30(26)40-31)48-23-25-7-3-2-4-8-25/h2-4,7-8,10-15,19-20,32-33,40-41H,5-6,9,16-18,21-23H2,1H3,(H,39,43)(H,44,45). The van der Waals surface area contributed by atoms with Gasteiger partial charge in [0.05, 0.1) is 18.7 Å². The average Bonchev–Trinajstić information content (AvgIpc) is 3.73. The highest BCUT2D eigenvalue weighted by atomic mass is 32.1. The molecule has 2 aliphatic heterocycles. The van der Waals surface area contributed by atoms with Gasteiger partial charge in [0.15, 0.2) is 0 Å². The fourth-order valence-corrected chi connectivity index (χ4v) is 8.05. The minimum absolute atomic E-state index is 0.216. The Morgan fingerprint density at radius 2 is 1.84 bits per heavy atom. The van der Waals surface area contributed by atoms with Crippen molar-refractivity contribution in [2.24, 2.45) is 0 Å². The lowest BCUT2D eigenvalue weighted by Gasteiger charge is -2.36. The minimum atomic E-state index is -0.951. The highest BCUT2D eigenvalue weighted by molar-refractivity contribution is 7.16. The predicted octanol–water partition coefficient (Wildman–Crippen LogP) is 6.98. The molecule has 3 aromatic carbocycles. The molecule has 4 N–H and O–H groups in total. The third kappa shape index (κ3) is 7.44. The van der Waals surface area contributed by atoms with Gasteiger partial charge in [0.1, 0.15) is 35.0 Å². The van der Waals surface area contributed by atoms with E-state index in [1.54, 1.807) is 7.11 Å². The minimum Gasteiger partial charge on any atom is -0.497 e. The van der Waals surface area contributed by atoms with Crippen molar-refractivity contribution in [2.45, 2.75) is 51.1 Å². The van der Waals surface area contributed by atoms with E-state index in [1.165, 1.54) is 11.3 Å². The number of anilines is 1. The van der Waals surface area contributed by atoms with Crippen LogP contribution in [0, 0.1) is 0 Å². The number of rotatable bonds is 12. The van der Waals surface area contributed by atoms with Gasteiger partial charge in [0.25, 0.3) is 5.91 Å². The number of H-pyrrole nitrogens is 1. The molecule has 10 nitrogen and oxygen atoms in total. The molecule has 2 aromatic heterocycles. The van der Waals surface area contributed by atoms with Gasteiger partial charge in [0, 0.05) is 42.0 Å². The molecule has 2 aliphatic rings. The van der Waals surface area contributed by atoms with Crippen LogP contribution in [0.5, 0.6) is 11.5 Å². The molecule has 2 unspecified atom stereocenters. The molecule has 1 fully saturated rings. The lowest BCUT2D eigenvalue weighted by molar-refractivity contribution is 0.0344. The largest absolute Gasteiger partial charge is 0.497 e. The molecule has 254 valence electrons. The van der Waals surface area contributed by atoms with Crippen LogP contribution < -0.4 is 20.1 Å². The van der Waals surface area contributed by atoms with Gasteiger partial charge in [-0.15, -0.1) is 11.3 Å². The van der Waals surface area contributed by atoms with Crippen molar-refractivity contribution < 1.29 is 28.9 Å². The van der Waals surface area contributed by atoms with Crippen LogP contribution in [0.3, 0.4) is 0 Å². The van der Waals surface area contributed by atoms with E-state index in [1.807, 2.05) is 78.9 Å². The number of carbonyl (C=O) groups is 2. The van der Waals surface area contributed by atoms with Crippen molar-refractivity contribution in [3.8, 4) is 11.5 Å². The Morgan fingerprint density at radius 1 is 1.02 bits per heavy atom. The molecule has 49 heavy (non-hydrogen) atoms. The first-order chi connectivity index (χ1) is 23.9. The van der Waals surface area contributed by atoms with E-state index in [-0.39, 0.29) is 18.2 Å². The van der Waals surface area contributed by atoms with E-state index in [4.69, 9.17) is 14.2 Å². The van der Waals surface area contributed by atoms with Crippen molar-refractivity contribution in [2.75, 3.05) is 32.1 Å². The Bertz CT molecular complexity index is 1920. The van der Waals surface area contributed by atoms with Gasteiger partial charge in [-0.1, -0.05) is 42.5 Å². The summed E-state index contributed by atoms with van der Waals surface area (Å²) in [5.74, 6) is 0.323. The Morgan fingerprint density at radius 3 is 2.59 bits per heavy atom. The van der Waals surface area contributed by atoms with Crippen molar-refractivity contribution in [3.63, 3.8) is 0 Å². The molecule has 0 spiro atoms. The number of carbonyl (C=O) groups excluding carboxylic acids is 1. The van der Waals surface area contributed by atoms with Gasteiger partial charge in [-0.2, -0.15) is 0 Å². The number of ether oxygens (including phenoxy) is 3. The zero-order valence-corrected chi connectivity index (χ0v) is 28.2. The van der Waals surface area contributed by atoms with Crippen LogP contribution in [-0.4, -0.2) is 59.9 Å². The molecule has 1 amide bonds. The molecule has 1 saturated heterocycles. The number of hydrogen-bond acceptors (Lipinski definition) is 8. The van der Waals surface area contributed by atoms with Gasteiger partial charge in [-0.25, -0.2) is 4.79 Å². The lowest BCUT2D eigenvalue weighted by Crippen LogP contribution is -2.41. The second kappa shape index (κ2) is 14.7. The number of aromatic amines is 1. The maximum atomic E-state index is 13.6. The molecular formula is C38H40N4O6S. The molecule has 7 rings (SSSR count).